The minimum Gasteiger partial charge on any atom is -0.495 e. The van der Waals surface area contributed by atoms with Gasteiger partial charge in [0, 0.05) is 12.4 Å². The van der Waals surface area contributed by atoms with Crippen LogP contribution in [-0.2, 0) is 0 Å². The summed E-state index contributed by atoms with van der Waals surface area (Å²) in [5, 5.41) is 2.67. The molecule has 6 nitrogen and oxygen atoms in total. The predicted molar refractivity (Wildman–Crippen MR) is 67.4 cm³/mol. The number of nitrogens with one attached hydrogen (secondary N) is 1. The molecule has 92 valence electrons. The van der Waals surface area contributed by atoms with E-state index in [9.17, 15) is 4.79 Å². The van der Waals surface area contributed by atoms with E-state index in [0.717, 1.165) is 0 Å². The number of amides is 1. The minimum atomic E-state index is -0.426. The Bertz CT molecular complexity index is 572. The maximum Gasteiger partial charge on any atom is 0.278 e. The Balaban J connectivity index is 2.24. The molecular weight excluding hydrogens is 232 g/mol. The molecule has 0 saturated carbocycles. The number of carbonyl (C=O) groups excluding carboxylic acids is 1. The summed E-state index contributed by atoms with van der Waals surface area (Å²) in [6.07, 6.45) is 2.84. The van der Waals surface area contributed by atoms with Gasteiger partial charge in [0.2, 0.25) is 0 Å². The molecule has 0 aliphatic rings. The summed E-state index contributed by atoms with van der Waals surface area (Å²) in [5.74, 6) is 0.225. The molecule has 3 N–H and O–H groups in total. The van der Waals surface area contributed by atoms with E-state index in [1.807, 2.05) is 6.07 Å². The molecule has 1 aromatic carbocycles. The van der Waals surface area contributed by atoms with Crippen LogP contribution in [0.3, 0.4) is 0 Å². The summed E-state index contributed by atoms with van der Waals surface area (Å²) >= 11 is 0. The molecule has 0 bridgehead atoms. The van der Waals surface area contributed by atoms with Crippen molar-refractivity contribution in [2.45, 2.75) is 0 Å². The Kier molecular flexibility index (Phi) is 3.38. The van der Waals surface area contributed by atoms with Crippen LogP contribution in [0.15, 0.2) is 36.7 Å². The van der Waals surface area contributed by atoms with Crippen LogP contribution in [0.25, 0.3) is 0 Å². The maximum atomic E-state index is 12.0. The Labute approximate surface area is 104 Å². The number of nitrogen functional groups attached to an aromatic ring is 1. The lowest BCUT2D eigenvalue weighted by Gasteiger charge is -2.09. The summed E-state index contributed by atoms with van der Waals surface area (Å²) in [7, 11) is 1.53. The minimum absolute atomic E-state index is 0.0865. The van der Waals surface area contributed by atoms with E-state index in [2.05, 4.69) is 15.3 Å². The molecule has 2 aromatic rings. The zero-order valence-corrected chi connectivity index (χ0v) is 9.75. The molecule has 1 amide bonds. The third kappa shape index (κ3) is 2.37. The third-order valence-corrected chi connectivity index (χ3v) is 2.30. The van der Waals surface area contributed by atoms with Gasteiger partial charge in [-0.1, -0.05) is 12.1 Å². The largest absolute Gasteiger partial charge is 0.495 e. The van der Waals surface area contributed by atoms with Crippen LogP contribution in [0.2, 0.25) is 0 Å². The molecule has 1 aromatic heterocycles. The number of methoxy groups -OCH3 is 1. The lowest BCUT2D eigenvalue weighted by molar-refractivity contribution is 0.102. The zero-order valence-electron chi connectivity index (χ0n) is 9.75. The van der Waals surface area contributed by atoms with Crippen LogP contribution in [-0.4, -0.2) is 23.0 Å². The highest BCUT2D eigenvalue weighted by Gasteiger charge is 2.13. The molecule has 18 heavy (non-hydrogen) atoms. The van der Waals surface area contributed by atoms with Crippen molar-refractivity contribution in [1.82, 2.24) is 9.97 Å². The molecule has 0 saturated heterocycles. The molecule has 0 spiro atoms. The van der Waals surface area contributed by atoms with Crippen LogP contribution >= 0.6 is 0 Å². The van der Waals surface area contributed by atoms with E-state index < -0.39 is 5.91 Å². The summed E-state index contributed by atoms with van der Waals surface area (Å²) in [6, 6.07) is 7.07. The first-order chi connectivity index (χ1) is 8.72. The molecule has 2 rings (SSSR count). The average Bonchev–Trinajstić information content (AvgIpc) is 2.39. The van der Waals surface area contributed by atoms with Crippen molar-refractivity contribution in [2.75, 3.05) is 18.2 Å². The van der Waals surface area contributed by atoms with Gasteiger partial charge in [0.05, 0.1) is 12.8 Å². The molecule has 0 unspecified atom stereocenters. The normalized spacial score (nSPS) is 9.83. The second kappa shape index (κ2) is 5.13. The second-order valence-corrected chi connectivity index (χ2v) is 3.44. The van der Waals surface area contributed by atoms with Crippen molar-refractivity contribution < 1.29 is 9.53 Å². The van der Waals surface area contributed by atoms with Gasteiger partial charge in [0.25, 0.3) is 5.91 Å². The highest BCUT2D eigenvalue weighted by atomic mass is 16.5. The number of hydrogen-bond acceptors (Lipinski definition) is 5. The fraction of sp³-hybridized carbons (Fsp3) is 0.0833. The number of carbonyl (C=O) groups is 1. The van der Waals surface area contributed by atoms with Gasteiger partial charge in [-0.05, 0) is 12.1 Å². The van der Waals surface area contributed by atoms with Gasteiger partial charge in [-0.3, -0.25) is 4.79 Å². The molecule has 0 aliphatic heterocycles. The van der Waals surface area contributed by atoms with Crippen LogP contribution in [0, 0.1) is 0 Å². The Morgan fingerprint density at radius 3 is 2.72 bits per heavy atom. The standard InChI is InChI=1S/C12H12N4O2/c1-18-9-5-3-2-4-8(9)16-12(17)10-11(13)15-7-6-14-10/h2-7H,1H3,(H2,13,15)(H,16,17). The summed E-state index contributed by atoms with van der Waals surface area (Å²) in [5.41, 5.74) is 6.22. The van der Waals surface area contributed by atoms with Crippen LogP contribution < -0.4 is 15.8 Å². The molecule has 0 radical (unpaired) electrons. The van der Waals surface area contributed by atoms with Crippen LogP contribution in [0.1, 0.15) is 10.5 Å². The van der Waals surface area contributed by atoms with E-state index in [-0.39, 0.29) is 11.5 Å². The summed E-state index contributed by atoms with van der Waals surface area (Å²) in [4.78, 5) is 19.7. The highest BCUT2D eigenvalue weighted by molar-refractivity contribution is 6.06. The predicted octanol–water partition coefficient (Wildman–Crippen LogP) is 1.32. The number of hydrogen-bond donors (Lipinski definition) is 2. The second-order valence-electron chi connectivity index (χ2n) is 3.44. The summed E-state index contributed by atoms with van der Waals surface area (Å²) in [6.45, 7) is 0. The molecule has 0 fully saturated rings. The zero-order chi connectivity index (χ0) is 13.0. The van der Waals surface area contributed by atoms with E-state index in [1.165, 1.54) is 19.5 Å². The summed E-state index contributed by atoms with van der Waals surface area (Å²) < 4.78 is 5.13. The monoisotopic (exact) mass is 244 g/mol. The fourth-order valence-electron chi connectivity index (χ4n) is 1.45. The number of nitrogens with two attached hydrogens (primary N) is 1. The van der Waals surface area contributed by atoms with Gasteiger partial charge < -0.3 is 15.8 Å². The van der Waals surface area contributed by atoms with E-state index in [0.29, 0.717) is 11.4 Å². The van der Waals surface area contributed by atoms with Crippen molar-refractivity contribution >= 4 is 17.4 Å². The van der Waals surface area contributed by atoms with Crippen molar-refractivity contribution in [1.29, 1.82) is 0 Å². The number of ether oxygens (including phenoxy) is 1. The van der Waals surface area contributed by atoms with Crippen LogP contribution in [0.4, 0.5) is 11.5 Å². The van der Waals surface area contributed by atoms with Gasteiger partial charge in [0.1, 0.15) is 5.75 Å². The number of anilines is 2. The number of para-hydroxylation sites is 2. The number of nitrogens with zero attached hydrogens (tertiary/aromatic N) is 2. The van der Waals surface area contributed by atoms with Gasteiger partial charge in [-0.2, -0.15) is 0 Å². The van der Waals surface area contributed by atoms with Crippen LogP contribution in [0.5, 0.6) is 5.75 Å². The fourth-order valence-corrected chi connectivity index (χ4v) is 1.45. The molecule has 6 heteroatoms. The van der Waals surface area contributed by atoms with E-state index in [4.69, 9.17) is 10.5 Å². The first-order valence-electron chi connectivity index (χ1n) is 5.23. The van der Waals surface area contributed by atoms with Gasteiger partial charge in [0.15, 0.2) is 11.5 Å². The van der Waals surface area contributed by atoms with Crippen molar-refractivity contribution in [3.05, 3.63) is 42.4 Å². The van der Waals surface area contributed by atoms with E-state index in [1.54, 1.807) is 18.2 Å². The van der Waals surface area contributed by atoms with Crippen molar-refractivity contribution in [3.8, 4) is 5.75 Å². The van der Waals surface area contributed by atoms with Crippen molar-refractivity contribution in [3.63, 3.8) is 0 Å². The van der Waals surface area contributed by atoms with Gasteiger partial charge in [-0.15, -0.1) is 0 Å². The SMILES string of the molecule is COc1ccccc1NC(=O)c1nccnc1N. The average molecular weight is 244 g/mol. The number of benzene rings is 1. The van der Waals surface area contributed by atoms with E-state index >= 15 is 0 Å². The number of rotatable bonds is 3. The maximum absolute atomic E-state index is 12.0. The topological polar surface area (TPSA) is 90.1 Å². The lowest BCUT2D eigenvalue weighted by atomic mass is 10.2. The molecule has 1 heterocycles. The van der Waals surface area contributed by atoms with Gasteiger partial charge in [-0.25, -0.2) is 9.97 Å². The Morgan fingerprint density at radius 1 is 1.28 bits per heavy atom. The number of aromatic nitrogens is 2. The first kappa shape index (κ1) is 11.8. The smallest absolute Gasteiger partial charge is 0.278 e. The molecular formula is C12H12N4O2. The molecule has 0 aliphatic carbocycles. The van der Waals surface area contributed by atoms with Gasteiger partial charge >= 0.3 is 0 Å². The quantitative estimate of drug-likeness (QED) is 0.849. The Hall–Kier alpha value is -2.63. The first-order valence-corrected chi connectivity index (χ1v) is 5.23. The Morgan fingerprint density at radius 2 is 2.00 bits per heavy atom. The van der Waals surface area contributed by atoms with Crippen molar-refractivity contribution in [2.24, 2.45) is 0 Å². The third-order valence-electron chi connectivity index (χ3n) is 2.30. The lowest BCUT2D eigenvalue weighted by Crippen LogP contribution is -2.17. The highest BCUT2D eigenvalue weighted by Crippen LogP contribution is 2.23. The molecule has 0 atom stereocenters.